The van der Waals surface area contributed by atoms with Crippen molar-refractivity contribution >= 4 is 10.0 Å². The number of nitrogens with zero attached hydrogens (tertiary/aromatic N) is 1. The van der Waals surface area contributed by atoms with E-state index in [0.29, 0.717) is 30.4 Å². The predicted octanol–water partition coefficient (Wildman–Crippen LogP) is 1.88. The van der Waals surface area contributed by atoms with Crippen LogP contribution in [0.3, 0.4) is 0 Å². The van der Waals surface area contributed by atoms with Gasteiger partial charge < -0.3 is 9.47 Å². The highest BCUT2D eigenvalue weighted by atomic mass is 32.2. The molecule has 0 aromatic heterocycles. The van der Waals surface area contributed by atoms with Crippen molar-refractivity contribution in [2.75, 3.05) is 19.8 Å². The Hall–Kier alpha value is -1.11. The molecule has 20 heavy (non-hydrogen) atoms. The molecule has 1 aliphatic rings. The quantitative estimate of drug-likeness (QED) is 0.852. The highest BCUT2D eigenvalue weighted by Gasteiger charge is 2.33. The minimum atomic E-state index is -3.48. The first kappa shape index (κ1) is 15.3. The standard InChI is InChI=1S/C14H21NO4S/c1-4-18-13-5-7-14(8-6-13)20(16,17)15-9-12(3)19-10-11(15)2/h5-8,11-12H,4,9-10H2,1-3H3. The van der Waals surface area contributed by atoms with Crippen molar-refractivity contribution < 1.29 is 17.9 Å². The van der Waals surface area contributed by atoms with E-state index in [-0.39, 0.29) is 12.1 Å². The Morgan fingerprint density at radius 3 is 2.55 bits per heavy atom. The Bertz CT molecular complexity index is 541. The van der Waals surface area contributed by atoms with Crippen LogP contribution in [0.1, 0.15) is 20.8 Å². The van der Waals surface area contributed by atoms with E-state index in [2.05, 4.69) is 0 Å². The van der Waals surface area contributed by atoms with E-state index in [1.165, 1.54) is 4.31 Å². The lowest BCUT2D eigenvalue weighted by molar-refractivity contribution is -0.0170. The number of benzene rings is 1. The Kier molecular flexibility index (Phi) is 4.67. The topological polar surface area (TPSA) is 55.8 Å². The summed E-state index contributed by atoms with van der Waals surface area (Å²) in [5.41, 5.74) is 0. The van der Waals surface area contributed by atoms with Crippen LogP contribution in [0.25, 0.3) is 0 Å². The number of ether oxygens (including phenoxy) is 2. The van der Waals surface area contributed by atoms with Gasteiger partial charge in [-0.2, -0.15) is 4.31 Å². The van der Waals surface area contributed by atoms with Gasteiger partial charge in [0.15, 0.2) is 0 Å². The maximum Gasteiger partial charge on any atom is 0.243 e. The molecule has 2 atom stereocenters. The molecule has 2 rings (SSSR count). The first-order valence-electron chi connectivity index (χ1n) is 6.81. The molecule has 0 spiro atoms. The van der Waals surface area contributed by atoms with Crippen molar-refractivity contribution in [2.45, 2.75) is 37.8 Å². The van der Waals surface area contributed by atoms with Crippen LogP contribution < -0.4 is 4.74 Å². The van der Waals surface area contributed by atoms with Crippen LogP contribution in [0.15, 0.2) is 29.2 Å². The third-order valence-electron chi connectivity index (χ3n) is 3.29. The molecular formula is C14H21NO4S. The molecule has 6 heteroatoms. The molecule has 1 aliphatic heterocycles. The molecule has 0 bridgehead atoms. The van der Waals surface area contributed by atoms with Gasteiger partial charge in [-0.15, -0.1) is 0 Å². The molecular weight excluding hydrogens is 278 g/mol. The first-order valence-corrected chi connectivity index (χ1v) is 8.25. The smallest absolute Gasteiger partial charge is 0.243 e. The number of hydrogen-bond acceptors (Lipinski definition) is 4. The van der Waals surface area contributed by atoms with Crippen LogP contribution in [-0.4, -0.2) is 44.6 Å². The molecule has 0 radical (unpaired) electrons. The van der Waals surface area contributed by atoms with Crippen molar-refractivity contribution in [3.05, 3.63) is 24.3 Å². The highest BCUT2D eigenvalue weighted by Crippen LogP contribution is 2.24. The molecule has 1 fully saturated rings. The summed E-state index contributed by atoms with van der Waals surface area (Å²) < 4.78 is 37.6. The predicted molar refractivity (Wildman–Crippen MR) is 76.4 cm³/mol. The largest absolute Gasteiger partial charge is 0.494 e. The minimum Gasteiger partial charge on any atom is -0.494 e. The zero-order chi connectivity index (χ0) is 14.8. The van der Waals surface area contributed by atoms with Crippen molar-refractivity contribution in [1.82, 2.24) is 4.31 Å². The third kappa shape index (κ3) is 3.13. The summed E-state index contributed by atoms with van der Waals surface area (Å²) in [6.07, 6.45) is -0.0799. The molecule has 2 unspecified atom stereocenters. The molecule has 0 N–H and O–H groups in total. The van der Waals surface area contributed by atoms with E-state index in [1.807, 2.05) is 20.8 Å². The summed E-state index contributed by atoms with van der Waals surface area (Å²) in [4.78, 5) is 0.293. The molecule has 5 nitrogen and oxygen atoms in total. The number of rotatable bonds is 4. The zero-order valence-corrected chi connectivity index (χ0v) is 12.9. The first-order chi connectivity index (χ1) is 9.45. The lowest BCUT2D eigenvalue weighted by Crippen LogP contribution is -2.50. The second-order valence-electron chi connectivity index (χ2n) is 4.97. The Morgan fingerprint density at radius 2 is 1.95 bits per heavy atom. The van der Waals surface area contributed by atoms with Crippen LogP contribution in [0.5, 0.6) is 5.75 Å². The fourth-order valence-corrected chi connectivity index (χ4v) is 3.91. The monoisotopic (exact) mass is 299 g/mol. The number of hydrogen-bond donors (Lipinski definition) is 0. The Morgan fingerprint density at radius 1 is 1.30 bits per heavy atom. The zero-order valence-electron chi connectivity index (χ0n) is 12.1. The maximum atomic E-state index is 12.6. The highest BCUT2D eigenvalue weighted by molar-refractivity contribution is 7.89. The molecule has 1 aromatic carbocycles. The minimum absolute atomic E-state index is 0.0799. The Labute approximate surface area is 120 Å². The summed E-state index contributed by atoms with van der Waals surface area (Å²) in [7, 11) is -3.48. The lowest BCUT2D eigenvalue weighted by Gasteiger charge is -2.35. The molecule has 1 heterocycles. The van der Waals surface area contributed by atoms with Gasteiger partial charge in [0.1, 0.15) is 5.75 Å². The van der Waals surface area contributed by atoms with Gasteiger partial charge >= 0.3 is 0 Å². The third-order valence-corrected chi connectivity index (χ3v) is 5.29. The molecule has 0 aliphatic carbocycles. The maximum absolute atomic E-state index is 12.6. The van der Waals surface area contributed by atoms with Crippen LogP contribution in [-0.2, 0) is 14.8 Å². The van der Waals surface area contributed by atoms with Crippen molar-refractivity contribution in [3.63, 3.8) is 0 Å². The lowest BCUT2D eigenvalue weighted by atomic mass is 10.2. The van der Waals surface area contributed by atoms with Crippen LogP contribution in [0.2, 0.25) is 0 Å². The van der Waals surface area contributed by atoms with E-state index >= 15 is 0 Å². The van der Waals surface area contributed by atoms with Crippen LogP contribution >= 0.6 is 0 Å². The van der Waals surface area contributed by atoms with Gasteiger partial charge in [-0.1, -0.05) is 0 Å². The van der Waals surface area contributed by atoms with Gasteiger partial charge in [0.2, 0.25) is 10.0 Å². The normalized spacial score (nSPS) is 24.6. The summed E-state index contributed by atoms with van der Waals surface area (Å²) >= 11 is 0. The second kappa shape index (κ2) is 6.11. The SMILES string of the molecule is CCOc1ccc(S(=O)(=O)N2CC(C)OCC2C)cc1. The molecule has 0 saturated carbocycles. The summed E-state index contributed by atoms with van der Waals surface area (Å²) in [5, 5.41) is 0. The summed E-state index contributed by atoms with van der Waals surface area (Å²) in [6.45, 7) is 7.00. The fraction of sp³-hybridized carbons (Fsp3) is 0.571. The van der Waals surface area contributed by atoms with Gasteiger partial charge in [0.05, 0.1) is 24.2 Å². The fourth-order valence-electron chi connectivity index (χ4n) is 2.22. The van der Waals surface area contributed by atoms with E-state index in [4.69, 9.17) is 9.47 Å². The van der Waals surface area contributed by atoms with Crippen molar-refractivity contribution in [3.8, 4) is 5.75 Å². The average molecular weight is 299 g/mol. The van der Waals surface area contributed by atoms with Crippen LogP contribution in [0, 0.1) is 0 Å². The summed E-state index contributed by atoms with van der Waals surface area (Å²) in [6, 6.07) is 6.40. The van der Waals surface area contributed by atoms with Crippen molar-refractivity contribution in [2.24, 2.45) is 0 Å². The van der Waals surface area contributed by atoms with Gasteiger partial charge in [-0.3, -0.25) is 0 Å². The van der Waals surface area contributed by atoms with E-state index in [9.17, 15) is 8.42 Å². The summed E-state index contributed by atoms with van der Waals surface area (Å²) in [5.74, 6) is 0.676. The average Bonchev–Trinajstić information content (AvgIpc) is 2.42. The van der Waals surface area contributed by atoms with Gasteiger partial charge in [0, 0.05) is 12.6 Å². The van der Waals surface area contributed by atoms with E-state index in [1.54, 1.807) is 24.3 Å². The number of sulfonamides is 1. The molecule has 1 aromatic rings. The van der Waals surface area contributed by atoms with Gasteiger partial charge in [0.25, 0.3) is 0 Å². The van der Waals surface area contributed by atoms with E-state index < -0.39 is 10.0 Å². The van der Waals surface area contributed by atoms with Crippen molar-refractivity contribution in [1.29, 1.82) is 0 Å². The molecule has 0 amide bonds. The van der Waals surface area contributed by atoms with E-state index in [0.717, 1.165) is 0 Å². The van der Waals surface area contributed by atoms with Crippen LogP contribution in [0.4, 0.5) is 0 Å². The molecule has 112 valence electrons. The number of morpholine rings is 1. The second-order valence-corrected chi connectivity index (χ2v) is 6.86. The Balaban J connectivity index is 2.24. The van der Waals surface area contributed by atoms with Gasteiger partial charge in [-0.05, 0) is 45.0 Å². The van der Waals surface area contributed by atoms with Gasteiger partial charge in [-0.25, -0.2) is 8.42 Å². The molecule has 1 saturated heterocycles.